The minimum absolute atomic E-state index is 0.00546. The van der Waals surface area contributed by atoms with Crippen molar-refractivity contribution in [3.8, 4) is 0 Å². The van der Waals surface area contributed by atoms with E-state index < -0.39 is 26.5 Å². The van der Waals surface area contributed by atoms with Crippen LogP contribution in [0.15, 0.2) is 36.5 Å². The monoisotopic (exact) mass is 614 g/mol. The van der Waals surface area contributed by atoms with E-state index in [1.807, 2.05) is 0 Å². The summed E-state index contributed by atoms with van der Waals surface area (Å²) in [6.07, 6.45) is 29.2. The van der Waals surface area contributed by atoms with Gasteiger partial charge in [-0.05, 0) is 51.9 Å². The Balaban J connectivity index is 4.30. The third kappa shape index (κ3) is 28.4. The molecule has 0 aromatic rings. The van der Waals surface area contributed by atoms with Gasteiger partial charge < -0.3 is 14.4 Å². The van der Waals surface area contributed by atoms with E-state index in [9.17, 15) is 19.0 Å². The SMILES string of the molecule is CC/C=C\C/C=C\C/C=C\CCCCCC(=O)OC(COC(=O)CCCCCCCCCCC)COP(=O)(O)OCC. The van der Waals surface area contributed by atoms with E-state index in [0.29, 0.717) is 6.42 Å². The smallest absolute Gasteiger partial charge is 0.462 e. The summed E-state index contributed by atoms with van der Waals surface area (Å²) in [5.41, 5.74) is 0. The first-order chi connectivity index (χ1) is 20.3. The maximum atomic E-state index is 12.4. The highest BCUT2D eigenvalue weighted by molar-refractivity contribution is 7.47. The van der Waals surface area contributed by atoms with Crippen molar-refractivity contribution in [3.63, 3.8) is 0 Å². The van der Waals surface area contributed by atoms with Gasteiger partial charge in [0.05, 0.1) is 13.2 Å². The van der Waals surface area contributed by atoms with Crippen molar-refractivity contribution >= 4 is 19.8 Å². The van der Waals surface area contributed by atoms with Crippen LogP contribution in [0, 0.1) is 0 Å². The van der Waals surface area contributed by atoms with Crippen molar-refractivity contribution in [1.29, 1.82) is 0 Å². The molecule has 244 valence electrons. The standard InChI is InChI=1S/C33H59O8P/c1-4-7-9-11-13-15-16-17-18-20-22-24-26-28-33(35)41-31(30-40-42(36,37)39-6-3)29-38-32(34)27-25-23-21-19-14-12-10-8-5-2/h7,9,13,15,17-18,31H,4-6,8,10-12,14,16,19-30H2,1-3H3,(H,36,37)/b9-7-,15-13-,18-17-. The molecule has 0 aliphatic carbocycles. The van der Waals surface area contributed by atoms with Crippen LogP contribution in [-0.2, 0) is 32.7 Å². The highest BCUT2D eigenvalue weighted by Gasteiger charge is 2.25. The van der Waals surface area contributed by atoms with Crippen LogP contribution in [0.4, 0.5) is 0 Å². The molecule has 1 N–H and O–H groups in total. The third-order valence-corrected chi connectivity index (χ3v) is 7.52. The molecule has 0 spiro atoms. The Kier molecular flexibility index (Phi) is 28.1. The van der Waals surface area contributed by atoms with Gasteiger partial charge >= 0.3 is 19.8 Å². The fourth-order valence-electron chi connectivity index (χ4n) is 4.11. The van der Waals surface area contributed by atoms with Gasteiger partial charge in [0.25, 0.3) is 0 Å². The lowest BCUT2D eigenvalue weighted by Gasteiger charge is -2.19. The number of phosphoric acid groups is 1. The van der Waals surface area contributed by atoms with E-state index in [0.717, 1.165) is 57.8 Å². The summed E-state index contributed by atoms with van der Waals surface area (Å²) < 4.78 is 32.3. The van der Waals surface area contributed by atoms with Crippen LogP contribution >= 0.6 is 7.82 Å². The molecule has 2 unspecified atom stereocenters. The van der Waals surface area contributed by atoms with E-state index in [-0.39, 0.29) is 32.0 Å². The molecule has 0 aliphatic rings. The Morgan fingerprint density at radius 3 is 1.83 bits per heavy atom. The van der Waals surface area contributed by atoms with Gasteiger partial charge in [-0.25, -0.2) is 4.57 Å². The van der Waals surface area contributed by atoms with E-state index in [4.69, 9.17) is 18.5 Å². The van der Waals surface area contributed by atoms with Crippen molar-refractivity contribution in [2.75, 3.05) is 19.8 Å². The van der Waals surface area contributed by atoms with Crippen molar-refractivity contribution in [3.05, 3.63) is 36.5 Å². The zero-order valence-electron chi connectivity index (χ0n) is 26.6. The second-order valence-electron chi connectivity index (χ2n) is 10.4. The average molecular weight is 615 g/mol. The molecule has 0 aromatic carbocycles. The number of rotatable bonds is 29. The Hall–Kier alpha value is -1.73. The van der Waals surface area contributed by atoms with Crippen LogP contribution in [-0.4, -0.2) is 42.8 Å². The topological polar surface area (TPSA) is 108 Å². The molecule has 42 heavy (non-hydrogen) atoms. The number of esters is 2. The maximum absolute atomic E-state index is 12.4. The molecular weight excluding hydrogens is 555 g/mol. The average Bonchev–Trinajstić information content (AvgIpc) is 2.96. The fourth-order valence-corrected chi connectivity index (χ4v) is 4.87. The zero-order valence-corrected chi connectivity index (χ0v) is 27.5. The van der Waals surface area contributed by atoms with Gasteiger partial charge in [-0.15, -0.1) is 0 Å². The molecule has 0 saturated carbocycles. The number of carbonyl (C=O) groups is 2. The number of hydrogen-bond acceptors (Lipinski definition) is 7. The molecule has 0 bridgehead atoms. The van der Waals surface area contributed by atoms with Gasteiger partial charge in [0, 0.05) is 12.8 Å². The third-order valence-electron chi connectivity index (χ3n) is 6.46. The van der Waals surface area contributed by atoms with Crippen LogP contribution in [0.25, 0.3) is 0 Å². The second kappa shape index (κ2) is 29.3. The van der Waals surface area contributed by atoms with E-state index >= 15 is 0 Å². The fraction of sp³-hybridized carbons (Fsp3) is 0.758. The van der Waals surface area contributed by atoms with Crippen LogP contribution in [0.1, 0.15) is 136 Å². The highest BCUT2D eigenvalue weighted by atomic mass is 31.2. The van der Waals surface area contributed by atoms with Crippen LogP contribution in [0.3, 0.4) is 0 Å². The van der Waals surface area contributed by atoms with Gasteiger partial charge in [-0.2, -0.15) is 0 Å². The van der Waals surface area contributed by atoms with E-state index in [1.165, 1.54) is 38.5 Å². The molecule has 0 aliphatic heterocycles. The number of hydrogen-bond donors (Lipinski definition) is 1. The molecule has 0 heterocycles. The minimum atomic E-state index is -4.27. The number of phosphoric ester groups is 1. The Bertz CT molecular complexity index is 793. The number of carbonyl (C=O) groups excluding carboxylic acids is 2. The lowest BCUT2D eigenvalue weighted by atomic mass is 10.1. The summed E-state index contributed by atoms with van der Waals surface area (Å²) >= 11 is 0. The Morgan fingerprint density at radius 1 is 0.667 bits per heavy atom. The van der Waals surface area contributed by atoms with Crippen molar-refractivity contribution in [1.82, 2.24) is 0 Å². The summed E-state index contributed by atoms with van der Waals surface area (Å²) in [4.78, 5) is 34.3. The van der Waals surface area contributed by atoms with Crippen molar-refractivity contribution in [2.24, 2.45) is 0 Å². The van der Waals surface area contributed by atoms with Crippen molar-refractivity contribution < 1.29 is 37.6 Å². The van der Waals surface area contributed by atoms with Gasteiger partial charge in [-0.3, -0.25) is 18.6 Å². The van der Waals surface area contributed by atoms with Gasteiger partial charge in [0.15, 0.2) is 6.10 Å². The summed E-state index contributed by atoms with van der Waals surface area (Å²) in [6, 6.07) is 0. The van der Waals surface area contributed by atoms with Crippen molar-refractivity contribution in [2.45, 2.75) is 142 Å². The first-order valence-corrected chi connectivity index (χ1v) is 17.8. The van der Waals surface area contributed by atoms with Crippen LogP contribution in [0.2, 0.25) is 0 Å². The number of unbranched alkanes of at least 4 members (excludes halogenated alkanes) is 11. The molecule has 0 fully saturated rings. The number of ether oxygens (including phenoxy) is 2. The van der Waals surface area contributed by atoms with Gasteiger partial charge in [-0.1, -0.05) is 108 Å². The van der Waals surface area contributed by atoms with Gasteiger partial charge in [0.2, 0.25) is 0 Å². The molecule has 8 nitrogen and oxygen atoms in total. The molecule has 2 atom stereocenters. The molecule has 0 amide bonds. The minimum Gasteiger partial charge on any atom is -0.462 e. The predicted molar refractivity (Wildman–Crippen MR) is 170 cm³/mol. The van der Waals surface area contributed by atoms with Gasteiger partial charge in [0.1, 0.15) is 6.61 Å². The van der Waals surface area contributed by atoms with Crippen LogP contribution < -0.4 is 0 Å². The summed E-state index contributed by atoms with van der Waals surface area (Å²) in [7, 11) is -4.27. The zero-order chi connectivity index (χ0) is 31.2. The van der Waals surface area contributed by atoms with E-state index in [1.54, 1.807) is 6.92 Å². The largest absolute Gasteiger partial charge is 0.472 e. The second-order valence-corrected chi connectivity index (χ2v) is 11.9. The molecule has 0 radical (unpaired) electrons. The predicted octanol–water partition coefficient (Wildman–Crippen LogP) is 9.33. The molecular formula is C33H59O8P. The first kappa shape index (κ1) is 40.3. The Labute approximate surface area is 255 Å². The quantitative estimate of drug-likeness (QED) is 0.0384. The molecule has 0 saturated heterocycles. The number of allylic oxidation sites excluding steroid dienone is 6. The normalized spacial score (nSPS) is 14.1. The molecule has 0 rings (SSSR count). The maximum Gasteiger partial charge on any atom is 0.472 e. The lowest BCUT2D eigenvalue weighted by Crippen LogP contribution is -2.29. The lowest BCUT2D eigenvalue weighted by molar-refractivity contribution is -0.161. The highest BCUT2D eigenvalue weighted by Crippen LogP contribution is 2.43. The van der Waals surface area contributed by atoms with E-state index in [2.05, 4.69) is 50.3 Å². The van der Waals surface area contributed by atoms with Crippen LogP contribution in [0.5, 0.6) is 0 Å². The summed E-state index contributed by atoms with van der Waals surface area (Å²) in [5.74, 6) is -0.839. The first-order valence-electron chi connectivity index (χ1n) is 16.3. The molecule has 0 aromatic heterocycles. The molecule has 9 heteroatoms. The summed E-state index contributed by atoms with van der Waals surface area (Å²) in [6.45, 7) is 5.26. The summed E-state index contributed by atoms with van der Waals surface area (Å²) in [5, 5.41) is 0. The Morgan fingerprint density at radius 2 is 1.21 bits per heavy atom.